The van der Waals surface area contributed by atoms with Gasteiger partial charge in [0, 0.05) is 16.3 Å². The summed E-state index contributed by atoms with van der Waals surface area (Å²) in [6.07, 6.45) is 2.35. The maximum atomic E-state index is 8.51. The Morgan fingerprint density at radius 2 is 2.55 bits per heavy atom. The number of thiophene rings is 1. The molecule has 0 atom stereocenters. The van der Waals surface area contributed by atoms with Crippen molar-refractivity contribution in [2.75, 3.05) is 6.61 Å². The summed E-state index contributed by atoms with van der Waals surface area (Å²) in [5, 5.41) is 11.2. The van der Waals surface area contributed by atoms with E-state index in [0.717, 1.165) is 6.42 Å². The molecule has 0 aromatic carbocycles. The van der Waals surface area contributed by atoms with Crippen LogP contribution in [0.4, 0.5) is 0 Å². The number of aliphatic hydroxyl groups excluding tert-OH is 1. The maximum absolute atomic E-state index is 8.51. The van der Waals surface area contributed by atoms with Crippen LogP contribution < -0.4 is 0 Å². The van der Waals surface area contributed by atoms with E-state index >= 15 is 0 Å². The molecule has 0 aliphatic rings. The van der Waals surface area contributed by atoms with Crippen LogP contribution in [0.25, 0.3) is 0 Å². The topological polar surface area (TPSA) is 20.2 Å². The van der Waals surface area contributed by atoms with Gasteiger partial charge in [-0.2, -0.15) is 0 Å². The molecule has 1 rings (SSSR count). The van der Waals surface area contributed by atoms with Gasteiger partial charge in [0.05, 0.1) is 6.61 Å². The van der Waals surface area contributed by atoms with E-state index in [1.165, 1.54) is 4.88 Å². The Labute approximate surface area is 74.9 Å². The average molecular weight is 189 g/mol. The van der Waals surface area contributed by atoms with Gasteiger partial charge in [-0.1, -0.05) is 17.7 Å². The van der Waals surface area contributed by atoms with Crippen LogP contribution >= 0.6 is 22.9 Å². The van der Waals surface area contributed by atoms with Crippen molar-refractivity contribution in [3.05, 3.63) is 33.5 Å². The van der Waals surface area contributed by atoms with Gasteiger partial charge in [-0.05, 0) is 17.5 Å². The first-order chi connectivity index (χ1) is 5.33. The number of allylic oxidation sites excluding steroid dienone is 1. The summed E-state index contributed by atoms with van der Waals surface area (Å²) in [5.74, 6) is 0. The van der Waals surface area contributed by atoms with Crippen LogP contribution in [-0.2, 0) is 6.42 Å². The zero-order chi connectivity index (χ0) is 8.10. The molecule has 60 valence electrons. The van der Waals surface area contributed by atoms with Crippen molar-refractivity contribution >= 4 is 22.9 Å². The van der Waals surface area contributed by atoms with E-state index < -0.39 is 0 Å². The molecule has 0 aliphatic heterocycles. The second kappa shape index (κ2) is 4.54. The number of aliphatic hydroxyl groups is 1. The van der Waals surface area contributed by atoms with Crippen LogP contribution in [0.1, 0.15) is 4.88 Å². The highest BCUT2D eigenvalue weighted by atomic mass is 35.5. The Hall–Kier alpha value is -0.310. The van der Waals surface area contributed by atoms with E-state index in [0.29, 0.717) is 5.03 Å². The third-order valence-electron chi connectivity index (χ3n) is 1.24. The third kappa shape index (κ3) is 3.06. The highest BCUT2D eigenvalue weighted by Crippen LogP contribution is 2.15. The van der Waals surface area contributed by atoms with Gasteiger partial charge >= 0.3 is 0 Å². The monoisotopic (exact) mass is 188 g/mol. The summed E-state index contributed by atoms with van der Waals surface area (Å²) in [6.45, 7) is 0.0181. The van der Waals surface area contributed by atoms with Gasteiger partial charge < -0.3 is 5.11 Å². The standard InChI is InChI=1S/C8H9ClOS/c9-7(3-4-10)6-8-2-1-5-11-8/h1-3,5,10H,4,6H2/b7-3-. The molecule has 0 aliphatic carbocycles. The minimum atomic E-state index is 0.0181. The molecule has 0 saturated carbocycles. The molecule has 0 fully saturated rings. The van der Waals surface area contributed by atoms with Crippen LogP contribution in [0.2, 0.25) is 0 Å². The van der Waals surface area contributed by atoms with Gasteiger partial charge in [0.15, 0.2) is 0 Å². The van der Waals surface area contributed by atoms with Crippen molar-refractivity contribution in [1.29, 1.82) is 0 Å². The second-order valence-electron chi connectivity index (χ2n) is 2.09. The smallest absolute Gasteiger partial charge is 0.0626 e. The molecule has 3 heteroatoms. The minimum absolute atomic E-state index is 0.0181. The predicted molar refractivity (Wildman–Crippen MR) is 49.0 cm³/mol. The summed E-state index contributed by atoms with van der Waals surface area (Å²) in [5.41, 5.74) is 0. The fourth-order valence-corrected chi connectivity index (χ4v) is 1.77. The first-order valence-corrected chi connectivity index (χ1v) is 4.56. The number of hydrogen-bond donors (Lipinski definition) is 1. The molecule has 1 heterocycles. The molecule has 0 amide bonds. The van der Waals surface area contributed by atoms with Gasteiger partial charge in [0.25, 0.3) is 0 Å². The normalized spacial score (nSPS) is 12.0. The maximum Gasteiger partial charge on any atom is 0.0626 e. The molecule has 1 N–H and O–H groups in total. The first-order valence-electron chi connectivity index (χ1n) is 3.30. The summed E-state index contributed by atoms with van der Waals surface area (Å²) in [4.78, 5) is 1.22. The number of halogens is 1. The van der Waals surface area contributed by atoms with Gasteiger partial charge in [0.2, 0.25) is 0 Å². The number of rotatable bonds is 3. The zero-order valence-electron chi connectivity index (χ0n) is 5.96. The molecule has 0 radical (unpaired) electrons. The lowest BCUT2D eigenvalue weighted by molar-refractivity contribution is 0.342. The van der Waals surface area contributed by atoms with Crippen molar-refractivity contribution in [3.63, 3.8) is 0 Å². The second-order valence-corrected chi connectivity index (χ2v) is 3.61. The molecule has 0 spiro atoms. The van der Waals surface area contributed by atoms with Crippen LogP contribution in [0, 0.1) is 0 Å². The molecule has 0 bridgehead atoms. The molecular weight excluding hydrogens is 180 g/mol. The fourth-order valence-electron chi connectivity index (χ4n) is 0.751. The molecular formula is C8H9ClOS. The third-order valence-corrected chi connectivity index (χ3v) is 2.40. The lowest BCUT2D eigenvalue weighted by atomic mass is 10.3. The highest BCUT2D eigenvalue weighted by molar-refractivity contribution is 7.09. The molecule has 11 heavy (non-hydrogen) atoms. The van der Waals surface area contributed by atoms with Gasteiger partial charge in [-0.25, -0.2) is 0 Å². The summed E-state index contributed by atoms with van der Waals surface area (Å²) >= 11 is 7.45. The van der Waals surface area contributed by atoms with Crippen LogP contribution in [0.5, 0.6) is 0 Å². The molecule has 0 saturated heterocycles. The van der Waals surface area contributed by atoms with E-state index in [-0.39, 0.29) is 6.61 Å². The van der Waals surface area contributed by atoms with Crippen molar-refractivity contribution in [2.24, 2.45) is 0 Å². The summed E-state index contributed by atoms with van der Waals surface area (Å²) in [6, 6.07) is 4.02. The lowest BCUT2D eigenvalue weighted by Gasteiger charge is -1.93. The summed E-state index contributed by atoms with van der Waals surface area (Å²) < 4.78 is 0. The largest absolute Gasteiger partial charge is 0.392 e. The summed E-state index contributed by atoms with van der Waals surface area (Å²) in [7, 11) is 0. The van der Waals surface area contributed by atoms with E-state index in [1.807, 2.05) is 17.5 Å². The SMILES string of the molecule is OC/C=C(\Cl)Cc1cccs1. The Bertz CT molecular complexity index is 228. The molecule has 1 aromatic rings. The molecule has 1 aromatic heterocycles. The Balaban J connectivity index is 2.50. The predicted octanol–water partition coefficient (Wildman–Crippen LogP) is 2.41. The van der Waals surface area contributed by atoms with Crippen LogP contribution in [0.15, 0.2) is 28.6 Å². The zero-order valence-corrected chi connectivity index (χ0v) is 7.53. The van der Waals surface area contributed by atoms with Crippen molar-refractivity contribution in [1.82, 2.24) is 0 Å². The fraction of sp³-hybridized carbons (Fsp3) is 0.250. The van der Waals surface area contributed by atoms with E-state index in [2.05, 4.69) is 0 Å². The quantitative estimate of drug-likeness (QED) is 0.773. The van der Waals surface area contributed by atoms with E-state index in [9.17, 15) is 0 Å². The molecule has 1 nitrogen and oxygen atoms in total. The van der Waals surface area contributed by atoms with E-state index in [1.54, 1.807) is 17.4 Å². The molecule has 0 unspecified atom stereocenters. The van der Waals surface area contributed by atoms with Crippen molar-refractivity contribution < 1.29 is 5.11 Å². The highest BCUT2D eigenvalue weighted by Gasteiger charge is 1.95. The van der Waals surface area contributed by atoms with Crippen molar-refractivity contribution in [2.45, 2.75) is 6.42 Å². The minimum Gasteiger partial charge on any atom is -0.392 e. The Kier molecular flexibility index (Phi) is 3.63. The average Bonchev–Trinajstić information content (AvgIpc) is 2.40. The Morgan fingerprint density at radius 1 is 1.73 bits per heavy atom. The van der Waals surface area contributed by atoms with E-state index in [4.69, 9.17) is 16.7 Å². The van der Waals surface area contributed by atoms with Crippen LogP contribution in [-0.4, -0.2) is 11.7 Å². The lowest BCUT2D eigenvalue weighted by Crippen LogP contribution is -1.81. The first kappa shape index (κ1) is 8.78. The van der Waals surface area contributed by atoms with Gasteiger partial charge in [-0.3, -0.25) is 0 Å². The number of hydrogen-bond acceptors (Lipinski definition) is 2. The van der Waals surface area contributed by atoms with Gasteiger partial charge in [0.1, 0.15) is 0 Å². The van der Waals surface area contributed by atoms with Crippen LogP contribution in [0.3, 0.4) is 0 Å². The van der Waals surface area contributed by atoms with Crippen molar-refractivity contribution in [3.8, 4) is 0 Å². The van der Waals surface area contributed by atoms with Gasteiger partial charge in [-0.15, -0.1) is 11.3 Å². The Morgan fingerprint density at radius 3 is 3.09 bits per heavy atom.